The highest BCUT2D eigenvalue weighted by atomic mass is 32.1. The van der Waals surface area contributed by atoms with E-state index in [9.17, 15) is 19.2 Å². The van der Waals surface area contributed by atoms with Gasteiger partial charge in [0.1, 0.15) is 0 Å². The molecule has 0 atom stereocenters. The fourth-order valence-corrected chi connectivity index (χ4v) is 4.57. The summed E-state index contributed by atoms with van der Waals surface area (Å²) in [6, 6.07) is 9.20. The zero-order chi connectivity index (χ0) is 25.5. The van der Waals surface area contributed by atoms with E-state index in [-0.39, 0.29) is 48.3 Å². The van der Waals surface area contributed by atoms with Crippen molar-refractivity contribution >= 4 is 43.1 Å². The van der Waals surface area contributed by atoms with Crippen LogP contribution in [0, 0.1) is 0 Å². The topological polar surface area (TPSA) is 105 Å². The average molecular weight is 501 g/mol. The van der Waals surface area contributed by atoms with Crippen LogP contribution in [0.1, 0.15) is 48.4 Å². The lowest BCUT2D eigenvalue weighted by Crippen LogP contribution is -2.28. The van der Waals surface area contributed by atoms with Crippen molar-refractivity contribution in [3.05, 3.63) is 68.0 Å². The lowest BCUT2D eigenvalue weighted by molar-refractivity contribution is -0.107. The van der Waals surface area contributed by atoms with Gasteiger partial charge >= 0.3 is 0 Å². The Morgan fingerprint density at radius 2 is 1.00 bits per heavy atom. The summed E-state index contributed by atoms with van der Waals surface area (Å²) < 4.78 is 22.6. The molecule has 35 heavy (non-hydrogen) atoms. The standard InChI is InChI=1S/C26H28O8S/c1-5-31-25(32-6-2)21(27)15-9-11-19-17(13-15)23(29)24(30)18-14-16(10-12-20(18)35-19)22(28)26(33-7-3)34-8-4/h9-14,25-26H,5-8H2,1-4H3. The Kier molecular flexibility index (Phi) is 9.36. The molecule has 0 aliphatic carbocycles. The highest BCUT2D eigenvalue weighted by Crippen LogP contribution is 2.25. The molecule has 3 aromatic rings. The minimum Gasteiger partial charge on any atom is -0.346 e. The fourth-order valence-electron chi connectivity index (χ4n) is 3.54. The van der Waals surface area contributed by atoms with Gasteiger partial charge in [-0.2, -0.15) is 0 Å². The predicted octanol–water partition coefficient (Wildman–Crippen LogP) is 3.94. The molecule has 0 unspecified atom stereocenters. The van der Waals surface area contributed by atoms with Crippen LogP contribution in [0.25, 0.3) is 20.2 Å². The Morgan fingerprint density at radius 1 is 0.657 bits per heavy atom. The normalized spacial score (nSPS) is 11.6. The number of fused-ring (bicyclic) bond motifs is 2. The number of rotatable bonds is 12. The van der Waals surface area contributed by atoms with Crippen molar-refractivity contribution in [3.8, 4) is 0 Å². The van der Waals surface area contributed by atoms with Crippen molar-refractivity contribution in [1.29, 1.82) is 0 Å². The molecule has 1 heterocycles. The zero-order valence-electron chi connectivity index (χ0n) is 20.1. The lowest BCUT2D eigenvalue weighted by atomic mass is 10.1. The third-order valence-corrected chi connectivity index (χ3v) is 6.30. The first-order valence-corrected chi connectivity index (χ1v) is 12.3. The number of hydrogen-bond donors (Lipinski definition) is 0. The number of carbonyl (C=O) groups is 2. The second kappa shape index (κ2) is 12.2. The largest absolute Gasteiger partial charge is 0.346 e. The van der Waals surface area contributed by atoms with E-state index in [1.54, 1.807) is 52.0 Å². The third-order valence-electron chi connectivity index (χ3n) is 5.14. The third kappa shape index (κ3) is 5.88. The molecule has 0 aliphatic rings. The van der Waals surface area contributed by atoms with E-state index in [2.05, 4.69) is 0 Å². The van der Waals surface area contributed by atoms with Crippen molar-refractivity contribution in [3.63, 3.8) is 0 Å². The molecule has 186 valence electrons. The van der Waals surface area contributed by atoms with Gasteiger partial charge in [-0.15, -0.1) is 11.3 Å². The summed E-state index contributed by atoms with van der Waals surface area (Å²) in [7, 11) is 0. The van der Waals surface area contributed by atoms with Crippen LogP contribution in [-0.4, -0.2) is 50.6 Å². The Bertz CT molecular complexity index is 1230. The number of carbonyl (C=O) groups excluding carboxylic acids is 2. The molecule has 8 nitrogen and oxygen atoms in total. The first-order chi connectivity index (χ1) is 16.9. The SMILES string of the molecule is CCOC(OCC)C(=O)c1ccc2sc3ccc(C(=O)C(OCC)OCC)cc3c(=O)c(=O)c2c1. The molecule has 0 saturated carbocycles. The molecule has 0 saturated heterocycles. The van der Waals surface area contributed by atoms with Gasteiger partial charge < -0.3 is 18.9 Å². The summed E-state index contributed by atoms with van der Waals surface area (Å²) in [4.78, 5) is 52.0. The molecule has 0 spiro atoms. The number of ketones is 2. The molecule has 9 heteroatoms. The van der Waals surface area contributed by atoms with Gasteiger partial charge in [0, 0.05) is 57.7 Å². The van der Waals surface area contributed by atoms with E-state index in [0.717, 1.165) is 0 Å². The van der Waals surface area contributed by atoms with Crippen molar-refractivity contribution in [1.82, 2.24) is 0 Å². The van der Waals surface area contributed by atoms with Crippen molar-refractivity contribution in [2.45, 2.75) is 40.3 Å². The van der Waals surface area contributed by atoms with E-state index in [4.69, 9.17) is 18.9 Å². The van der Waals surface area contributed by atoms with E-state index >= 15 is 0 Å². The Morgan fingerprint density at radius 3 is 1.31 bits per heavy atom. The minimum atomic E-state index is -1.10. The second-order valence-electron chi connectivity index (χ2n) is 7.40. The van der Waals surface area contributed by atoms with Crippen LogP contribution in [0.3, 0.4) is 0 Å². The summed E-state index contributed by atoms with van der Waals surface area (Å²) in [6.07, 6.45) is -2.19. The van der Waals surface area contributed by atoms with Gasteiger partial charge in [0.15, 0.2) is 0 Å². The average Bonchev–Trinajstić information content (AvgIpc) is 2.96. The zero-order valence-corrected chi connectivity index (χ0v) is 20.9. The summed E-state index contributed by atoms with van der Waals surface area (Å²) in [5.41, 5.74) is -1.12. The second-order valence-corrected chi connectivity index (χ2v) is 8.48. The molecule has 2 aromatic carbocycles. The molecule has 0 N–H and O–H groups in total. The monoisotopic (exact) mass is 500 g/mol. The molecule has 0 amide bonds. The predicted molar refractivity (Wildman–Crippen MR) is 135 cm³/mol. The van der Waals surface area contributed by atoms with E-state index in [1.807, 2.05) is 0 Å². The maximum Gasteiger partial charge on any atom is 0.235 e. The van der Waals surface area contributed by atoms with Crippen LogP contribution in [0.4, 0.5) is 0 Å². The van der Waals surface area contributed by atoms with Crippen LogP contribution in [-0.2, 0) is 18.9 Å². The van der Waals surface area contributed by atoms with Gasteiger partial charge in [-0.05, 0) is 64.1 Å². The van der Waals surface area contributed by atoms with Gasteiger partial charge in [0.2, 0.25) is 35.0 Å². The first kappa shape index (κ1) is 26.8. The highest BCUT2D eigenvalue weighted by Gasteiger charge is 2.23. The molecule has 0 aliphatic heterocycles. The smallest absolute Gasteiger partial charge is 0.235 e. The van der Waals surface area contributed by atoms with Crippen molar-refractivity contribution < 1.29 is 28.5 Å². The van der Waals surface area contributed by atoms with Crippen LogP contribution in [0.15, 0.2) is 46.0 Å². The van der Waals surface area contributed by atoms with Crippen molar-refractivity contribution in [2.75, 3.05) is 26.4 Å². The van der Waals surface area contributed by atoms with Crippen LogP contribution in [0.5, 0.6) is 0 Å². The first-order valence-electron chi connectivity index (χ1n) is 11.5. The summed E-state index contributed by atoms with van der Waals surface area (Å²) in [5, 5.41) is 0.228. The molecule has 0 radical (unpaired) electrons. The highest BCUT2D eigenvalue weighted by molar-refractivity contribution is 7.24. The Balaban J connectivity index is 2.14. The Hall–Kier alpha value is -2.82. The van der Waals surface area contributed by atoms with Crippen LogP contribution < -0.4 is 10.9 Å². The maximum atomic E-state index is 13.1. The van der Waals surface area contributed by atoms with Gasteiger partial charge in [-0.25, -0.2) is 0 Å². The van der Waals surface area contributed by atoms with E-state index in [1.165, 1.54) is 23.5 Å². The lowest BCUT2D eigenvalue weighted by Gasteiger charge is -2.15. The van der Waals surface area contributed by atoms with Gasteiger partial charge in [-0.1, -0.05) is 0 Å². The van der Waals surface area contributed by atoms with Crippen LogP contribution in [0.2, 0.25) is 0 Å². The molecule has 0 bridgehead atoms. The summed E-state index contributed by atoms with van der Waals surface area (Å²) in [5.74, 6) is -0.872. The minimum absolute atomic E-state index is 0.114. The molecule has 3 rings (SSSR count). The number of hydrogen-bond acceptors (Lipinski definition) is 9. The molecule has 1 aromatic heterocycles. The van der Waals surface area contributed by atoms with Gasteiger partial charge in [-0.3, -0.25) is 19.2 Å². The fraction of sp³-hybridized carbons (Fsp3) is 0.385. The molecule has 0 fully saturated rings. The Labute approximate surface area is 206 Å². The van der Waals surface area contributed by atoms with Gasteiger partial charge in [0.05, 0.1) is 0 Å². The van der Waals surface area contributed by atoms with E-state index in [0.29, 0.717) is 9.40 Å². The number of ether oxygens (including phenoxy) is 4. The summed E-state index contributed by atoms with van der Waals surface area (Å²) in [6.45, 7) is 8.09. The quantitative estimate of drug-likeness (QED) is 0.209. The number of Topliss-reactive ketones (excluding diaryl/α,β-unsaturated/α-hetero) is 2. The van der Waals surface area contributed by atoms with E-state index < -0.39 is 35.0 Å². The van der Waals surface area contributed by atoms with Crippen LogP contribution >= 0.6 is 11.3 Å². The molecular formula is C26H28O8S. The summed E-state index contributed by atoms with van der Waals surface area (Å²) >= 11 is 1.22. The molecular weight excluding hydrogens is 472 g/mol. The van der Waals surface area contributed by atoms with Crippen molar-refractivity contribution in [2.24, 2.45) is 0 Å². The maximum absolute atomic E-state index is 13.1. The number of benzene rings is 2. The van der Waals surface area contributed by atoms with Gasteiger partial charge in [0.25, 0.3) is 0 Å².